The van der Waals surface area contributed by atoms with Crippen LogP contribution >= 0.6 is 11.6 Å². The Labute approximate surface area is 122 Å². The van der Waals surface area contributed by atoms with Gasteiger partial charge < -0.3 is 15.7 Å². The number of nitrogens with two attached hydrogens (primary N) is 2. The van der Waals surface area contributed by atoms with Crippen LogP contribution in [0.2, 0.25) is 5.02 Å². The Hall–Kier alpha value is -1.92. The van der Waals surface area contributed by atoms with Crippen LogP contribution in [0.5, 0.6) is 5.75 Å². The maximum absolute atomic E-state index is 12.1. The molecule has 0 aliphatic rings. The molecule has 0 aliphatic heterocycles. The molecular formula is C13H13ClN2O3S. The number of anilines is 2. The summed E-state index contributed by atoms with van der Waals surface area (Å²) in [6, 6.07) is 8.78. The van der Waals surface area contributed by atoms with Crippen molar-refractivity contribution in [1.29, 1.82) is 0 Å². The van der Waals surface area contributed by atoms with Crippen molar-refractivity contribution < 1.29 is 12.6 Å². The van der Waals surface area contributed by atoms with Crippen molar-refractivity contribution >= 4 is 33.1 Å². The van der Waals surface area contributed by atoms with Crippen molar-refractivity contribution in [3.8, 4) is 5.75 Å². The van der Waals surface area contributed by atoms with E-state index in [1.54, 1.807) is 12.1 Å². The standard InChI is InChI=1S/C13H13ClN2O3S/c1-8-2-5-13(10(14)6-8)19-20(17,18)9-3-4-11(15)12(16)7-9/h2-7H,15-16H2,1H3. The zero-order valence-electron chi connectivity index (χ0n) is 10.6. The van der Waals surface area contributed by atoms with Crippen LogP contribution in [-0.2, 0) is 10.1 Å². The van der Waals surface area contributed by atoms with Crippen molar-refractivity contribution in [1.82, 2.24) is 0 Å². The molecule has 0 aliphatic carbocycles. The molecule has 0 radical (unpaired) electrons. The predicted molar refractivity (Wildman–Crippen MR) is 79.3 cm³/mol. The fourth-order valence-electron chi connectivity index (χ4n) is 1.55. The van der Waals surface area contributed by atoms with Gasteiger partial charge in [-0.3, -0.25) is 0 Å². The molecule has 4 N–H and O–H groups in total. The minimum absolute atomic E-state index is 0.0627. The first kappa shape index (κ1) is 14.5. The van der Waals surface area contributed by atoms with Crippen LogP contribution in [-0.4, -0.2) is 8.42 Å². The molecule has 7 heteroatoms. The van der Waals surface area contributed by atoms with E-state index >= 15 is 0 Å². The quantitative estimate of drug-likeness (QED) is 0.671. The van der Waals surface area contributed by atoms with E-state index in [4.69, 9.17) is 27.3 Å². The molecule has 0 fully saturated rings. The number of hydrogen-bond donors (Lipinski definition) is 2. The lowest BCUT2D eigenvalue weighted by Gasteiger charge is -2.10. The molecule has 0 saturated heterocycles. The van der Waals surface area contributed by atoms with E-state index in [0.29, 0.717) is 5.69 Å². The van der Waals surface area contributed by atoms with Gasteiger partial charge in [-0.05, 0) is 42.8 Å². The molecule has 0 bridgehead atoms. The van der Waals surface area contributed by atoms with Gasteiger partial charge in [-0.15, -0.1) is 0 Å². The SMILES string of the molecule is Cc1ccc(OS(=O)(=O)c2ccc(N)c(N)c2)c(Cl)c1. The van der Waals surface area contributed by atoms with Crippen molar-refractivity contribution in [2.24, 2.45) is 0 Å². The lowest BCUT2D eigenvalue weighted by atomic mass is 10.2. The molecule has 0 spiro atoms. The summed E-state index contributed by atoms with van der Waals surface area (Å²) in [6.45, 7) is 1.84. The summed E-state index contributed by atoms with van der Waals surface area (Å²) in [5, 5.41) is 0.219. The highest BCUT2D eigenvalue weighted by molar-refractivity contribution is 7.87. The summed E-state index contributed by atoms with van der Waals surface area (Å²) in [6.07, 6.45) is 0. The Morgan fingerprint density at radius 2 is 1.75 bits per heavy atom. The summed E-state index contributed by atoms with van der Waals surface area (Å²) >= 11 is 5.95. The molecule has 0 saturated carbocycles. The van der Waals surface area contributed by atoms with E-state index in [9.17, 15) is 8.42 Å². The number of aryl methyl sites for hydroxylation is 1. The Kier molecular flexibility index (Phi) is 3.78. The van der Waals surface area contributed by atoms with Gasteiger partial charge in [0.2, 0.25) is 0 Å². The largest absolute Gasteiger partial charge is 0.397 e. The van der Waals surface area contributed by atoms with Crippen molar-refractivity contribution in [3.05, 3.63) is 47.0 Å². The molecule has 2 aromatic carbocycles. The van der Waals surface area contributed by atoms with Gasteiger partial charge in [0, 0.05) is 0 Å². The van der Waals surface area contributed by atoms with Gasteiger partial charge in [-0.25, -0.2) is 0 Å². The maximum Gasteiger partial charge on any atom is 0.339 e. The molecule has 0 heterocycles. The predicted octanol–water partition coefficient (Wildman–Crippen LogP) is 2.58. The average molecular weight is 313 g/mol. The minimum atomic E-state index is -4.01. The normalized spacial score (nSPS) is 11.3. The first-order valence-corrected chi connectivity index (χ1v) is 7.44. The summed E-state index contributed by atoms with van der Waals surface area (Å²) < 4.78 is 29.3. The van der Waals surface area contributed by atoms with Gasteiger partial charge in [0.25, 0.3) is 0 Å². The van der Waals surface area contributed by atoms with Gasteiger partial charge in [0.1, 0.15) is 4.90 Å². The summed E-state index contributed by atoms with van der Waals surface area (Å²) in [5.74, 6) is 0.0627. The smallest absolute Gasteiger partial charge is 0.339 e. The van der Waals surface area contributed by atoms with Crippen LogP contribution in [0.3, 0.4) is 0 Å². The zero-order chi connectivity index (χ0) is 14.9. The molecular weight excluding hydrogens is 300 g/mol. The zero-order valence-corrected chi connectivity index (χ0v) is 12.2. The first-order valence-electron chi connectivity index (χ1n) is 5.65. The summed E-state index contributed by atoms with van der Waals surface area (Å²) in [5.41, 5.74) is 12.5. The van der Waals surface area contributed by atoms with E-state index in [1.165, 1.54) is 24.3 Å². The van der Waals surface area contributed by atoms with Gasteiger partial charge >= 0.3 is 10.1 Å². The molecule has 0 unspecified atom stereocenters. The maximum atomic E-state index is 12.1. The topological polar surface area (TPSA) is 95.4 Å². The summed E-state index contributed by atoms with van der Waals surface area (Å²) in [7, 11) is -4.01. The number of nitrogen functional groups attached to an aromatic ring is 2. The summed E-state index contributed by atoms with van der Waals surface area (Å²) in [4.78, 5) is -0.0826. The van der Waals surface area contributed by atoms with Gasteiger partial charge in [-0.2, -0.15) is 8.42 Å². The highest BCUT2D eigenvalue weighted by Crippen LogP contribution is 2.29. The third-order valence-corrected chi connectivity index (χ3v) is 4.16. The number of halogens is 1. The van der Waals surface area contributed by atoms with Gasteiger partial charge in [0.15, 0.2) is 5.75 Å². The second kappa shape index (κ2) is 5.22. The van der Waals surface area contributed by atoms with E-state index < -0.39 is 10.1 Å². The number of rotatable bonds is 3. The second-order valence-electron chi connectivity index (χ2n) is 4.26. The monoisotopic (exact) mass is 312 g/mol. The lowest BCUT2D eigenvalue weighted by Crippen LogP contribution is -2.11. The Morgan fingerprint density at radius 1 is 1.05 bits per heavy atom. The van der Waals surface area contributed by atoms with Gasteiger partial charge in [0.05, 0.1) is 16.4 Å². The lowest BCUT2D eigenvalue weighted by molar-refractivity contribution is 0.486. The van der Waals surface area contributed by atoms with E-state index in [0.717, 1.165) is 5.56 Å². The average Bonchev–Trinajstić information content (AvgIpc) is 2.36. The molecule has 2 aromatic rings. The Bertz CT molecular complexity index is 760. The number of hydrogen-bond acceptors (Lipinski definition) is 5. The van der Waals surface area contributed by atoms with Crippen LogP contribution in [0, 0.1) is 6.92 Å². The van der Waals surface area contributed by atoms with Crippen molar-refractivity contribution in [3.63, 3.8) is 0 Å². The molecule has 0 atom stereocenters. The molecule has 5 nitrogen and oxygen atoms in total. The first-order chi connectivity index (χ1) is 9.29. The van der Waals surface area contributed by atoms with Crippen molar-refractivity contribution in [2.45, 2.75) is 11.8 Å². The fraction of sp³-hybridized carbons (Fsp3) is 0.0769. The van der Waals surface area contributed by atoms with Crippen LogP contribution in [0.4, 0.5) is 11.4 Å². The molecule has 2 rings (SSSR count). The molecule has 20 heavy (non-hydrogen) atoms. The number of benzene rings is 2. The molecule has 0 aromatic heterocycles. The third-order valence-electron chi connectivity index (χ3n) is 2.63. The van der Waals surface area contributed by atoms with Crippen LogP contribution in [0.15, 0.2) is 41.3 Å². The molecule has 0 amide bonds. The van der Waals surface area contributed by atoms with Crippen LogP contribution in [0.25, 0.3) is 0 Å². The molecule has 106 valence electrons. The van der Waals surface area contributed by atoms with Gasteiger partial charge in [-0.1, -0.05) is 17.7 Å². The Morgan fingerprint density at radius 3 is 2.35 bits per heavy atom. The van der Waals surface area contributed by atoms with Crippen LogP contribution < -0.4 is 15.7 Å². The second-order valence-corrected chi connectivity index (χ2v) is 6.22. The van der Waals surface area contributed by atoms with Crippen molar-refractivity contribution in [2.75, 3.05) is 11.5 Å². The highest BCUT2D eigenvalue weighted by atomic mass is 35.5. The fourth-order valence-corrected chi connectivity index (χ4v) is 2.85. The van der Waals surface area contributed by atoms with E-state index in [2.05, 4.69) is 0 Å². The van der Waals surface area contributed by atoms with Crippen LogP contribution in [0.1, 0.15) is 5.56 Å². The van der Waals surface area contributed by atoms with E-state index in [1.807, 2.05) is 6.92 Å². The highest BCUT2D eigenvalue weighted by Gasteiger charge is 2.19. The Balaban J connectivity index is 2.38. The minimum Gasteiger partial charge on any atom is -0.397 e. The third kappa shape index (κ3) is 2.97. The van der Waals surface area contributed by atoms with E-state index in [-0.39, 0.29) is 21.4 Å².